The fraction of sp³-hybridized carbons (Fsp3) is 0.707. The van der Waals surface area contributed by atoms with Crippen LogP contribution < -0.4 is 0 Å². The molecule has 0 saturated carbocycles. The Morgan fingerprint density at radius 1 is 0.248 bits per heavy atom. The van der Waals surface area contributed by atoms with Crippen molar-refractivity contribution in [2.24, 2.45) is 0 Å². The van der Waals surface area contributed by atoms with Crippen molar-refractivity contribution in [3.63, 3.8) is 0 Å². The molecule has 4 N–H and O–H groups in total. The minimum Gasteiger partial charge on any atom is -0.463 e. The summed E-state index contributed by atoms with van der Waals surface area (Å²) in [5.41, 5.74) is 0. The zero-order chi connectivity index (χ0) is 85.1. The van der Waals surface area contributed by atoms with E-state index in [1.807, 2.05) is 0 Å². The van der Waals surface area contributed by atoms with Gasteiger partial charge in [0.25, 0.3) is 0 Å². The highest BCUT2D eigenvalue weighted by molar-refractivity contribution is 7.47. The molecule has 0 aliphatic heterocycles. The minimum atomic E-state index is -4.95. The van der Waals surface area contributed by atoms with E-state index in [2.05, 4.69) is 179 Å². The van der Waals surface area contributed by atoms with E-state index < -0.39 is 91.5 Å². The maximum atomic E-state index is 13.0. The summed E-state index contributed by atoms with van der Waals surface area (Å²) in [5, 5.41) is 20.7. The van der Waals surface area contributed by atoms with Crippen LogP contribution in [0.5, 0.6) is 0 Å². The molecular formula is C99H170O16P2. The third kappa shape index (κ3) is 91.7. The number of esters is 3. The highest BCUT2D eigenvalue weighted by atomic mass is 31.2. The maximum absolute atomic E-state index is 13.0. The van der Waals surface area contributed by atoms with E-state index in [0.717, 1.165) is 141 Å². The van der Waals surface area contributed by atoms with Crippen LogP contribution in [-0.2, 0) is 55.8 Å². The number of carbonyl (C=O) groups excluding carboxylic acids is 3. The second-order valence-electron chi connectivity index (χ2n) is 31.1. The number of hydrogen-bond acceptors (Lipinski definition) is 14. The Hall–Kier alpha value is -4.83. The van der Waals surface area contributed by atoms with E-state index in [0.29, 0.717) is 19.3 Å². The molecule has 0 aliphatic rings. The van der Waals surface area contributed by atoms with Gasteiger partial charge >= 0.3 is 33.6 Å². The molecule has 0 rings (SSSR count). The van der Waals surface area contributed by atoms with Gasteiger partial charge in [0.2, 0.25) is 0 Å². The van der Waals surface area contributed by atoms with Crippen molar-refractivity contribution in [3.8, 4) is 0 Å². The molecule has 0 bridgehead atoms. The van der Waals surface area contributed by atoms with Crippen molar-refractivity contribution in [3.05, 3.63) is 158 Å². The quantitative estimate of drug-likeness (QED) is 0.0146. The minimum absolute atomic E-state index is 0.0612. The number of rotatable bonds is 88. The maximum Gasteiger partial charge on any atom is 0.472 e. The molecule has 0 saturated heterocycles. The smallest absolute Gasteiger partial charge is 0.463 e. The van der Waals surface area contributed by atoms with Crippen LogP contribution in [0.3, 0.4) is 0 Å². The van der Waals surface area contributed by atoms with Gasteiger partial charge in [-0.25, -0.2) is 9.13 Å². The standard InChI is InChI=1S/C99H170O16P2/c1-4-7-10-13-16-19-22-25-28-31-34-36-38-40-42-43-44-45-46-47-48-49-51-53-54-56-59-61-64-67-70-73-76-79-82-85-97(102)109-88-94(100)89-111-116(105,106)112-90-95(101)91-113-117(107,108)114-93-96(115-99(104)87-84-81-78-75-72-69-66-63-58-33-30-27-24-21-18-15-12-9-6-3)92-110-98(103)86-83-80-77-74-71-68-65-62-60-57-55-52-50-41-39-37-35-32-29-26-23-20-17-14-11-8-5-2/h9,12,16-21,25-30,34-37,40-42,50,58,63,69,72,94-96,100-101H,4-8,10-11,13-15,22-24,31-33,38-39,43-49,51-57,59-62,64-68,70-71,73-93H2,1-3H3,(H,105,106)(H,107,108)/b12-9-,19-16-,20-17-,21-18-,28-25-,29-26-,30-27-,36-34-,37-35-,42-40-,50-41-,63-58-,72-69-. The fourth-order valence-electron chi connectivity index (χ4n) is 12.6. The third-order valence-electron chi connectivity index (χ3n) is 19.7. The summed E-state index contributed by atoms with van der Waals surface area (Å²) in [5.74, 6) is -1.61. The first-order valence-corrected chi connectivity index (χ1v) is 49.8. The summed E-state index contributed by atoms with van der Waals surface area (Å²) >= 11 is 0. The van der Waals surface area contributed by atoms with Crippen LogP contribution in [0, 0.1) is 0 Å². The van der Waals surface area contributed by atoms with Crippen LogP contribution >= 0.6 is 15.6 Å². The van der Waals surface area contributed by atoms with Crippen molar-refractivity contribution >= 4 is 33.6 Å². The summed E-state index contributed by atoms with van der Waals surface area (Å²) in [4.78, 5) is 59.0. The van der Waals surface area contributed by atoms with Crippen LogP contribution in [0.15, 0.2) is 158 Å². The number of unbranched alkanes of at least 4 members (excludes halogenated alkanes) is 39. The number of ether oxygens (including phenoxy) is 3. The Labute approximate surface area is 714 Å². The number of carbonyl (C=O) groups is 3. The number of aliphatic hydroxyl groups excluding tert-OH is 2. The van der Waals surface area contributed by atoms with Crippen molar-refractivity contribution in [1.82, 2.24) is 0 Å². The molecule has 16 nitrogen and oxygen atoms in total. The highest BCUT2D eigenvalue weighted by Gasteiger charge is 2.29. The lowest BCUT2D eigenvalue weighted by Gasteiger charge is -2.21. The fourth-order valence-corrected chi connectivity index (χ4v) is 14.2. The van der Waals surface area contributed by atoms with E-state index >= 15 is 0 Å². The summed E-state index contributed by atoms with van der Waals surface area (Å²) in [6.45, 7) is 2.51. The molecular weight excluding hydrogens is 1510 g/mol. The molecule has 5 unspecified atom stereocenters. The van der Waals surface area contributed by atoms with Crippen LogP contribution in [0.2, 0.25) is 0 Å². The third-order valence-corrected chi connectivity index (χ3v) is 21.6. The van der Waals surface area contributed by atoms with Gasteiger partial charge in [0, 0.05) is 19.3 Å². The largest absolute Gasteiger partial charge is 0.472 e. The van der Waals surface area contributed by atoms with E-state index in [4.69, 9.17) is 32.3 Å². The molecule has 0 aromatic rings. The first-order chi connectivity index (χ1) is 57.2. The SMILES string of the molecule is CC/C=C\C/C=C\C/C=C\C/C=C\C/C=C\CCCCCC(=O)OC(COC(=O)CCCCCCCCCCCCC/C=C\C/C=C\C/C=C\C/C=C\CCCCC)COP(=O)(O)OCC(O)COP(=O)(O)OCC(O)COC(=O)CCCCCCCCCCCCCCCCCCCCC/C=C\C/C=C\C/C=C\C/C=C\CCCCC. The van der Waals surface area contributed by atoms with Crippen molar-refractivity contribution in [1.29, 1.82) is 0 Å². The van der Waals surface area contributed by atoms with Crippen LogP contribution in [0.4, 0.5) is 0 Å². The average Bonchev–Trinajstić information content (AvgIpc) is 0.812. The van der Waals surface area contributed by atoms with Gasteiger partial charge in [0.15, 0.2) is 6.10 Å². The van der Waals surface area contributed by atoms with Crippen molar-refractivity contribution in [2.45, 2.75) is 411 Å². The second kappa shape index (κ2) is 90.4. The molecule has 672 valence electrons. The monoisotopic (exact) mass is 1680 g/mol. The van der Waals surface area contributed by atoms with Gasteiger partial charge in [-0.1, -0.05) is 378 Å². The normalized spacial score (nSPS) is 14.5. The molecule has 0 aliphatic carbocycles. The lowest BCUT2D eigenvalue weighted by molar-refractivity contribution is -0.161. The number of phosphoric ester groups is 2. The highest BCUT2D eigenvalue weighted by Crippen LogP contribution is 2.45. The summed E-state index contributed by atoms with van der Waals surface area (Å²) in [6, 6.07) is 0. The zero-order valence-corrected chi connectivity index (χ0v) is 75.9. The summed E-state index contributed by atoms with van der Waals surface area (Å²) < 4.78 is 61.4. The lowest BCUT2D eigenvalue weighted by atomic mass is 10.0. The van der Waals surface area contributed by atoms with E-state index in [1.165, 1.54) is 193 Å². The van der Waals surface area contributed by atoms with Gasteiger partial charge in [-0.3, -0.25) is 32.5 Å². The van der Waals surface area contributed by atoms with Crippen LogP contribution in [0.25, 0.3) is 0 Å². The predicted molar refractivity (Wildman–Crippen MR) is 491 cm³/mol. The number of allylic oxidation sites excluding steroid dienone is 26. The molecule has 117 heavy (non-hydrogen) atoms. The predicted octanol–water partition coefficient (Wildman–Crippen LogP) is 28.9. The lowest BCUT2D eigenvalue weighted by Crippen LogP contribution is -2.30. The zero-order valence-electron chi connectivity index (χ0n) is 74.1. The number of aliphatic hydroxyl groups is 2. The first kappa shape index (κ1) is 112. The van der Waals surface area contributed by atoms with E-state index in [-0.39, 0.29) is 19.3 Å². The molecule has 0 aromatic heterocycles. The van der Waals surface area contributed by atoms with Gasteiger partial charge < -0.3 is 34.2 Å². The molecule has 0 radical (unpaired) electrons. The Morgan fingerprint density at radius 3 is 0.726 bits per heavy atom. The molecule has 0 amide bonds. The molecule has 0 heterocycles. The topological polar surface area (TPSA) is 231 Å². The van der Waals surface area contributed by atoms with Gasteiger partial charge in [0.05, 0.1) is 26.4 Å². The van der Waals surface area contributed by atoms with Crippen molar-refractivity contribution in [2.75, 3.05) is 39.6 Å². The van der Waals surface area contributed by atoms with Gasteiger partial charge in [-0.05, 0) is 154 Å². The van der Waals surface area contributed by atoms with Gasteiger partial charge in [-0.2, -0.15) is 0 Å². The van der Waals surface area contributed by atoms with E-state index in [1.54, 1.807) is 0 Å². The summed E-state index contributed by atoms with van der Waals surface area (Å²) in [6.07, 6.45) is 116. The Balaban J connectivity index is 4.52. The number of phosphoric acid groups is 2. The molecule has 5 atom stereocenters. The van der Waals surface area contributed by atoms with Crippen LogP contribution in [-0.4, -0.2) is 95.9 Å². The van der Waals surface area contributed by atoms with Crippen molar-refractivity contribution < 1.29 is 75.8 Å². The summed E-state index contributed by atoms with van der Waals surface area (Å²) in [7, 11) is -9.82. The average molecular weight is 1680 g/mol. The number of hydrogen-bond donors (Lipinski definition) is 4. The molecule has 0 aromatic carbocycles. The van der Waals surface area contributed by atoms with Gasteiger partial charge in [-0.15, -0.1) is 0 Å². The van der Waals surface area contributed by atoms with Crippen LogP contribution in [0.1, 0.15) is 393 Å². The Bertz CT molecular complexity index is 2760. The first-order valence-electron chi connectivity index (χ1n) is 46.8. The Morgan fingerprint density at radius 2 is 0.453 bits per heavy atom. The molecule has 18 heteroatoms. The van der Waals surface area contributed by atoms with E-state index in [9.17, 15) is 43.5 Å². The second-order valence-corrected chi connectivity index (χ2v) is 34.0. The Kier molecular flexibility index (Phi) is 86.7. The molecule has 0 fully saturated rings. The molecule has 0 spiro atoms. The van der Waals surface area contributed by atoms with Gasteiger partial charge in [0.1, 0.15) is 25.4 Å².